The average molecular weight is 245 g/mol. The van der Waals surface area contributed by atoms with E-state index in [0.717, 1.165) is 12.8 Å². The van der Waals surface area contributed by atoms with Gasteiger partial charge in [-0.05, 0) is 12.8 Å². The summed E-state index contributed by atoms with van der Waals surface area (Å²) in [6.45, 7) is 0.669. The van der Waals surface area contributed by atoms with Crippen molar-refractivity contribution in [3.63, 3.8) is 0 Å². The highest BCUT2D eigenvalue weighted by Gasteiger charge is 2.23. The lowest BCUT2D eigenvalue weighted by Crippen LogP contribution is -2.40. The van der Waals surface area contributed by atoms with E-state index in [1.165, 1.54) is 6.33 Å². The normalized spacial score (nSPS) is 24.4. The predicted molar refractivity (Wildman–Crippen MR) is 57.7 cm³/mol. The molecular formula is C9H15N3O3S. The van der Waals surface area contributed by atoms with Gasteiger partial charge in [0.15, 0.2) is 16.2 Å². The van der Waals surface area contributed by atoms with E-state index in [1.54, 1.807) is 0 Å². The molecule has 1 atom stereocenters. The SMILES string of the molecule is O=S1(=O)CCCC(NCCc2ncno2)C1. The Hall–Kier alpha value is -0.950. The Morgan fingerprint density at radius 1 is 1.56 bits per heavy atom. The van der Waals surface area contributed by atoms with Gasteiger partial charge in [0.2, 0.25) is 5.89 Å². The summed E-state index contributed by atoms with van der Waals surface area (Å²) in [6, 6.07) is 0.0710. The van der Waals surface area contributed by atoms with E-state index in [1.807, 2.05) is 0 Å². The summed E-state index contributed by atoms with van der Waals surface area (Å²) in [5.74, 6) is 1.15. The molecule has 1 aromatic rings. The first kappa shape index (κ1) is 11.5. The van der Waals surface area contributed by atoms with Gasteiger partial charge >= 0.3 is 0 Å². The quantitative estimate of drug-likeness (QED) is 0.789. The van der Waals surface area contributed by atoms with Gasteiger partial charge in [0.1, 0.15) is 0 Å². The molecule has 6 nitrogen and oxygen atoms in total. The van der Waals surface area contributed by atoms with Crippen LogP contribution in [-0.2, 0) is 16.3 Å². The molecule has 1 unspecified atom stereocenters. The fraction of sp³-hybridized carbons (Fsp3) is 0.778. The molecule has 0 saturated carbocycles. The summed E-state index contributed by atoms with van der Waals surface area (Å²) >= 11 is 0. The Balaban J connectivity index is 1.74. The third-order valence-electron chi connectivity index (χ3n) is 2.64. The molecule has 1 aromatic heterocycles. The van der Waals surface area contributed by atoms with Gasteiger partial charge in [0, 0.05) is 19.0 Å². The molecule has 90 valence electrons. The molecule has 0 aromatic carbocycles. The highest BCUT2D eigenvalue weighted by Crippen LogP contribution is 2.11. The second kappa shape index (κ2) is 4.92. The number of sulfone groups is 1. The van der Waals surface area contributed by atoms with Gasteiger partial charge in [-0.25, -0.2) is 8.42 Å². The van der Waals surface area contributed by atoms with Crippen LogP contribution in [0.4, 0.5) is 0 Å². The van der Waals surface area contributed by atoms with Gasteiger partial charge in [-0.1, -0.05) is 5.16 Å². The molecule has 0 radical (unpaired) electrons. The van der Waals surface area contributed by atoms with Gasteiger partial charge < -0.3 is 9.84 Å². The molecule has 1 aliphatic heterocycles. The molecule has 7 heteroatoms. The number of hydrogen-bond donors (Lipinski definition) is 1. The zero-order chi connectivity index (χ0) is 11.4. The van der Waals surface area contributed by atoms with Crippen molar-refractivity contribution in [2.45, 2.75) is 25.3 Å². The second-order valence-electron chi connectivity index (χ2n) is 3.99. The standard InChI is InChI=1S/C9H15N3O3S/c13-16(14)5-1-2-8(6-16)10-4-3-9-11-7-12-15-9/h7-8,10H,1-6H2. The van der Waals surface area contributed by atoms with Crippen LogP contribution in [0.2, 0.25) is 0 Å². The average Bonchev–Trinajstić information content (AvgIpc) is 2.69. The molecule has 0 amide bonds. The van der Waals surface area contributed by atoms with Gasteiger partial charge in [-0.3, -0.25) is 0 Å². The maximum atomic E-state index is 11.4. The summed E-state index contributed by atoms with van der Waals surface area (Å²) in [7, 11) is -2.83. The number of nitrogens with one attached hydrogen (secondary N) is 1. The van der Waals surface area contributed by atoms with Crippen LogP contribution in [0.25, 0.3) is 0 Å². The smallest absolute Gasteiger partial charge is 0.227 e. The van der Waals surface area contributed by atoms with Crippen LogP contribution in [0.15, 0.2) is 10.9 Å². The Morgan fingerprint density at radius 2 is 2.44 bits per heavy atom. The van der Waals surface area contributed by atoms with Crippen molar-refractivity contribution in [1.82, 2.24) is 15.5 Å². The van der Waals surface area contributed by atoms with Gasteiger partial charge in [-0.2, -0.15) is 4.98 Å². The van der Waals surface area contributed by atoms with E-state index in [2.05, 4.69) is 15.5 Å². The van der Waals surface area contributed by atoms with E-state index >= 15 is 0 Å². The van der Waals surface area contributed by atoms with E-state index in [4.69, 9.17) is 4.52 Å². The van der Waals surface area contributed by atoms with Crippen molar-refractivity contribution in [1.29, 1.82) is 0 Å². The summed E-state index contributed by atoms with van der Waals surface area (Å²) < 4.78 is 27.6. The summed E-state index contributed by atoms with van der Waals surface area (Å²) in [5, 5.41) is 6.71. The molecule has 0 aliphatic carbocycles. The number of rotatable bonds is 4. The Labute approximate surface area is 94.3 Å². The molecule has 16 heavy (non-hydrogen) atoms. The molecule has 1 aliphatic rings. The minimum atomic E-state index is -2.83. The lowest BCUT2D eigenvalue weighted by Gasteiger charge is -2.22. The summed E-state index contributed by atoms with van der Waals surface area (Å²) in [6.07, 6.45) is 3.67. The van der Waals surface area contributed by atoms with Crippen molar-refractivity contribution < 1.29 is 12.9 Å². The number of aromatic nitrogens is 2. The topological polar surface area (TPSA) is 85.1 Å². The van der Waals surface area contributed by atoms with Gasteiger partial charge in [-0.15, -0.1) is 0 Å². The maximum absolute atomic E-state index is 11.4. The minimum Gasteiger partial charge on any atom is -0.340 e. The number of nitrogens with zero attached hydrogens (tertiary/aromatic N) is 2. The molecule has 1 saturated heterocycles. The molecule has 0 spiro atoms. The van der Waals surface area contributed by atoms with Crippen LogP contribution in [0.5, 0.6) is 0 Å². The van der Waals surface area contributed by atoms with Gasteiger partial charge in [0.25, 0.3) is 0 Å². The molecule has 1 fully saturated rings. The zero-order valence-corrected chi connectivity index (χ0v) is 9.74. The van der Waals surface area contributed by atoms with E-state index in [9.17, 15) is 8.42 Å². The lowest BCUT2D eigenvalue weighted by molar-refractivity contribution is 0.370. The zero-order valence-electron chi connectivity index (χ0n) is 8.92. The largest absolute Gasteiger partial charge is 0.340 e. The molecule has 0 bridgehead atoms. The molecular weight excluding hydrogens is 230 g/mol. The second-order valence-corrected chi connectivity index (χ2v) is 6.22. The van der Waals surface area contributed by atoms with Crippen LogP contribution >= 0.6 is 0 Å². The van der Waals surface area contributed by atoms with E-state index in [0.29, 0.717) is 24.6 Å². The van der Waals surface area contributed by atoms with Crippen LogP contribution in [0.3, 0.4) is 0 Å². The highest BCUT2D eigenvalue weighted by atomic mass is 32.2. The summed E-state index contributed by atoms with van der Waals surface area (Å²) in [4.78, 5) is 3.89. The Bertz CT molecular complexity index is 415. The van der Waals surface area contributed by atoms with Crippen LogP contribution < -0.4 is 5.32 Å². The minimum absolute atomic E-state index is 0.0710. The first-order chi connectivity index (χ1) is 7.66. The first-order valence-electron chi connectivity index (χ1n) is 5.35. The van der Waals surface area contributed by atoms with Crippen molar-refractivity contribution in [2.24, 2.45) is 0 Å². The third kappa shape index (κ3) is 3.28. The first-order valence-corrected chi connectivity index (χ1v) is 7.17. The fourth-order valence-corrected chi connectivity index (χ4v) is 3.54. The van der Waals surface area contributed by atoms with Crippen molar-refractivity contribution in [2.75, 3.05) is 18.1 Å². The third-order valence-corrected chi connectivity index (χ3v) is 4.46. The van der Waals surface area contributed by atoms with Crippen LogP contribution in [0.1, 0.15) is 18.7 Å². The monoisotopic (exact) mass is 245 g/mol. The maximum Gasteiger partial charge on any atom is 0.227 e. The van der Waals surface area contributed by atoms with Gasteiger partial charge in [0.05, 0.1) is 11.5 Å². The lowest BCUT2D eigenvalue weighted by atomic mass is 10.2. The summed E-state index contributed by atoms with van der Waals surface area (Å²) in [5.41, 5.74) is 0. The molecule has 1 N–H and O–H groups in total. The van der Waals surface area contributed by atoms with E-state index in [-0.39, 0.29) is 11.8 Å². The van der Waals surface area contributed by atoms with Crippen molar-refractivity contribution >= 4 is 9.84 Å². The predicted octanol–water partition coefficient (Wildman–Crippen LogP) is -0.221. The Kier molecular flexibility index (Phi) is 3.55. The van der Waals surface area contributed by atoms with Crippen molar-refractivity contribution in [3.05, 3.63) is 12.2 Å². The van der Waals surface area contributed by atoms with Crippen LogP contribution in [0, 0.1) is 0 Å². The van der Waals surface area contributed by atoms with Crippen LogP contribution in [-0.4, -0.2) is 42.7 Å². The number of hydrogen-bond acceptors (Lipinski definition) is 6. The fourth-order valence-electron chi connectivity index (χ4n) is 1.87. The highest BCUT2D eigenvalue weighted by molar-refractivity contribution is 7.91. The van der Waals surface area contributed by atoms with E-state index < -0.39 is 9.84 Å². The molecule has 2 heterocycles. The van der Waals surface area contributed by atoms with Crippen molar-refractivity contribution in [3.8, 4) is 0 Å². The Morgan fingerprint density at radius 3 is 3.12 bits per heavy atom. The molecule has 2 rings (SSSR count).